The molecule has 110 valence electrons. The summed E-state index contributed by atoms with van der Waals surface area (Å²) in [6.45, 7) is 1.92. The van der Waals surface area contributed by atoms with Crippen molar-refractivity contribution in [1.82, 2.24) is 0 Å². The van der Waals surface area contributed by atoms with Crippen LogP contribution in [0.25, 0.3) is 0 Å². The van der Waals surface area contributed by atoms with Crippen molar-refractivity contribution in [2.24, 2.45) is 0 Å². The predicted octanol–water partition coefficient (Wildman–Crippen LogP) is 3.59. The first-order valence-corrected chi connectivity index (χ1v) is 7.18. The van der Waals surface area contributed by atoms with Crippen molar-refractivity contribution in [3.05, 3.63) is 53.6 Å². The highest BCUT2D eigenvalue weighted by Gasteiger charge is 2.09. The Kier molecular flexibility index (Phi) is 4.80. The van der Waals surface area contributed by atoms with Crippen LogP contribution in [-0.2, 0) is 4.79 Å². The number of thioether (sulfide) groups is 1. The Morgan fingerprint density at radius 1 is 1.24 bits per heavy atom. The highest BCUT2D eigenvalue weighted by molar-refractivity contribution is 8.00. The number of nitrogens with two attached hydrogens (primary N) is 1. The lowest BCUT2D eigenvalue weighted by Crippen LogP contribution is -2.15. The maximum atomic E-state index is 13.4. The van der Waals surface area contributed by atoms with E-state index in [1.807, 2.05) is 25.1 Å². The first-order valence-electron chi connectivity index (χ1n) is 6.19. The first kappa shape index (κ1) is 15.3. The van der Waals surface area contributed by atoms with Gasteiger partial charge >= 0.3 is 0 Å². The second kappa shape index (κ2) is 6.58. The molecule has 0 aliphatic rings. The van der Waals surface area contributed by atoms with Gasteiger partial charge in [-0.2, -0.15) is 0 Å². The molecule has 0 spiro atoms. The lowest BCUT2D eigenvalue weighted by Gasteiger charge is -2.08. The maximum absolute atomic E-state index is 13.4. The summed E-state index contributed by atoms with van der Waals surface area (Å²) >= 11 is 1.24. The van der Waals surface area contributed by atoms with Crippen LogP contribution in [0, 0.1) is 18.6 Å². The van der Waals surface area contributed by atoms with Gasteiger partial charge in [-0.15, -0.1) is 11.8 Å². The molecule has 3 N–H and O–H groups in total. The normalized spacial score (nSPS) is 10.4. The molecule has 1 amide bonds. The number of nitrogen functional groups attached to an aromatic ring is 1. The van der Waals surface area contributed by atoms with Crippen molar-refractivity contribution in [2.75, 3.05) is 16.8 Å². The number of aryl methyl sites for hydroxylation is 1. The Balaban J connectivity index is 1.97. The minimum atomic E-state index is -0.676. The predicted molar refractivity (Wildman–Crippen MR) is 81.3 cm³/mol. The van der Waals surface area contributed by atoms with Gasteiger partial charge in [0.15, 0.2) is 0 Å². The van der Waals surface area contributed by atoms with E-state index in [-0.39, 0.29) is 11.4 Å². The molecule has 2 aromatic rings. The summed E-state index contributed by atoms with van der Waals surface area (Å²) in [5.41, 5.74) is 7.29. The molecule has 0 fully saturated rings. The number of carbonyl (C=O) groups excluding carboxylic acids is 1. The number of halogens is 2. The zero-order chi connectivity index (χ0) is 15.4. The van der Waals surface area contributed by atoms with E-state index >= 15 is 0 Å². The van der Waals surface area contributed by atoms with Gasteiger partial charge in [0.25, 0.3) is 0 Å². The van der Waals surface area contributed by atoms with Crippen molar-refractivity contribution in [3.8, 4) is 0 Å². The molecule has 2 aromatic carbocycles. The van der Waals surface area contributed by atoms with E-state index in [1.54, 1.807) is 0 Å². The Bertz CT molecular complexity index is 677. The van der Waals surface area contributed by atoms with Gasteiger partial charge in [-0.1, -0.05) is 6.07 Å². The van der Waals surface area contributed by atoms with Crippen LogP contribution < -0.4 is 11.1 Å². The number of carbonyl (C=O) groups is 1. The lowest BCUT2D eigenvalue weighted by atomic mass is 10.2. The second-order valence-corrected chi connectivity index (χ2v) is 5.52. The number of hydrogen-bond acceptors (Lipinski definition) is 3. The van der Waals surface area contributed by atoms with Crippen LogP contribution >= 0.6 is 11.8 Å². The number of benzene rings is 2. The van der Waals surface area contributed by atoms with Crippen molar-refractivity contribution in [2.45, 2.75) is 11.8 Å². The van der Waals surface area contributed by atoms with E-state index in [0.717, 1.165) is 28.7 Å². The van der Waals surface area contributed by atoms with Crippen LogP contribution in [-0.4, -0.2) is 11.7 Å². The first-order chi connectivity index (χ1) is 9.95. The summed E-state index contributed by atoms with van der Waals surface area (Å²) in [6.07, 6.45) is 0. The highest BCUT2D eigenvalue weighted by Crippen LogP contribution is 2.26. The fraction of sp³-hybridized carbons (Fsp3) is 0.133. The standard InChI is InChI=1S/C15H14F2N2OS/c1-9-2-5-14(12(18)6-9)21-8-15(20)19-13-7-10(16)3-4-11(13)17/h2-7H,8,18H2,1H3,(H,19,20). The Morgan fingerprint density at radius 3 is 2.71 bits per heavy atom. The van der Waals surface area contributed by atoms with E-state index in [0.29, 0.717) is 5.69 Å². The van der Waals surface area contributed by atoms with Gasteiger partial charge in [-0.25, -0.2) is 8.78 Å². The van der Waals surface area contributed by atoms with Crippen molar-refractivity contribution >= 4 is 29.0 Å². The van der Waals surface area contributed by atoms with Crippen LogP contribution in [0.5, 0.6) is 0 Å². The van der Waals surface area contributed by atoms with Gasteiger partial charge in [0, 0.05) is 16.6 Å². The summed E-state index contributed by atoms with van der Waals surface area (Å²) in [6, 6.07) is 8.43. The summed E-state index contributed by atoms with van der Waals surface area (Å²) in [7, 11) is 0. The topological polar surface area (TPSA) is 55.1 Å². The average Bonchev–Trinajstić information content (AvgIpc) is 2.42. The zero-order valence-electron chi connectivity index (χ0n) is 11.3. The van der Waals surface area contributed by atoms with E-state index < -0.39 is 17.5 Å². The van der Waals surface area contributed by atoms with Crippen LogP contribution in [0.4, 0.5) is 20.2 Å². The molecule has 2 rings (SSSR count). The van der Waals surface area contributed by atoms with Gasteiger partial charge in [0.2, 0.25) is 5.91 Å². The Hall–Kier alpha value is -2.08. The van der Waals surface area contributed by atoms with E-state index in [4.69, 9.17) is 5.73 Å². The van der Waals surface area contributed by atoms with Crippen molar-refractivity contribution < 1.29 is 13.6 Å². The number of amides is 1. The SMILES string of the molecule is Cc1ccc(SCC(=O)Nc2cc(F)ccc2F)c(N)c1. The van der Waals surface area contributed by atoms with Crippen LogP contribution in [0.2, 0.25) is 0 Å². The van der Waals surface area contributed by atoms with Crippen molar-refractivity contribution in [1.29, 1.82) is 0 Å². The van der Waals surface area contributed by atoms with Crippen molar-refractivity contribution in [3.63, 3.8) is 0 Å². The van der Waals surface area contributed by atoms with Gasteiger partial charge in [0.1, 0.15) is 11.6 Å². The third-order valence-electron chi connectivity index (χ3n) is 2.73. The zero-order valence-corrected chi connectivity index (χ0v) is 12.1. The van der Waals surface area contributed by atoms with Crippen LogP contribution in [0.15, 0.2) is 41.3 Å². The van der Waals surface area contributed by atoms with Gasteiger partial charge in [-0.3, -0.25) is 4.79 Å². The fourth-order valence-electron chi connectivity index (χ4n) is 1.72. The molecule has 0 heterocycles. The summed E-state index contributed by atoms with van der Waals surface area (Å²) in [5, 5.41) is 2.34. The number of hydrogen-bond donors (Lipinski definition) is 2. The van der Waals surface area contributed by atoms with Gasteiger partial charge in [-0.05, 0) is 36.8 Å². The quantitative estimate of drug-likeness (QED) is 0.670. The lowest BCUT2D eigenvalue weighted by molar-refractivity contribution is -0.113. The molecule has 0 aliphatic heterocycles. The summed E-state index contributed by atoms with van der Waals surface area (Å²) < 4.78 is 26.4. The van der Waals surface area contributed by atoms with E-state index in [9.17, 15) is 13.6 Å². The van der Waals surface area contributed by atoms with E-state index in [1.165, 1.54) is 11.8 Å². The molecule has 21 heavy (non-hydrogen) atoms. The molecule has 0 aromatic heterocycles. The minimum Gasteiger partial charge on any atom is -0.398 e. The molecule has 3 nitrogen and oxygen atoms in total. The minimum absolute atomic E-state index is 0.0587. The summed E-state index contributed by atoms with van der Waals surface area (Å²) in [4.78, 5) is 12.5. The molecule has 0 radical (unpaired) electrons. The largest absolute Gasteiger partial charge is 0.398 e. The molecule has 0 atom stereocenters. The fourth-order valence-corrected chi connectivity index (χ4v) is 2.47. The number of rotatable bonds is 4. The van der Waals surface area contributed by atoms with Gasteiger partial charge in [0.05, 0.1) is 11.4 Å². The van der Waals surface area contributed by atoms with Crippen LogP contribution in [0.3, 0.4) is 0 Å². The van der Waals surface area contributed by atoms with Gasteiger partial charge < -0.3 is 11.1 Å². The molecule has 6 heteroatoms. The Morgan fingerprint density at radius 2 is 2.00 bits per heavy atom. The molecule has 0 aliphatic carbocycles. The second-order valence-electron chi connectivity index (χ2n) is 4.50. The third kappa shape index (κ3) is 4.19. The number of nitrogens with one attached hydrogen (secondary N) is 1. The molecule has 0 saturated carbocycles. The third-order valence-corrected chi connectivity index (χ3v) is 3.82. The molecule has 0 bridgehead atoms. The molecular formula is C15H14F2N2OS. The Labute approximate surface area is 125 Å². The average molecular weight is 308 g/mol. The summed E-state index contributed by atoms with van der Waals surface area (Å²) in [5.74, 6) is -1.65. The monoisotopic (exact) mass is 308 g/mol. The molecule has 0 unspecified atom stereocenters. The maximum Gasteiger partial charge on any atom is 0.234 e. The van der Waals surface area contributed by atoms with E-state index in [2.05, 4.69) is 5.32 Å². The number of anilines is 2. The smallest absolute Gasteiger partial charge is 0.234 e. The molecule has 0 saturated heterocycles. The molecular weight excluding hydrogens is 294 g/mol. The highest BCUT2D eigenvalue weighted by atomic mass is 32.2. The van der Waals surface area contributed by atoms with Crippen LogP contribution in [0.1, 0.15) is 5.56 Å².